The summed E-state index contributed by atoms with van der Waals surface area (Å²) in [4.78, 5) is 25.0. The minimum Gasteiger partial charge on any atom is -0.453 e. The smallest absolute Gasteiger partial charge is 0.339 e. The van der Waals surface area contributed by atoms with Gasteiger partial charge in [-0.15, -0.1) is 0 Å². The molecule has 1 aliphatic carbocycles. The molecule has 2 saturated heterocycles. The van der Waals surface area contributed by atoms with Crippen LogP contribution in [0.15, 0.2) is 12.2 Å². The fraction of sp³-hybridized carbons (Fsp3) is 0.789. The van der Waals surface area contributed by atoms with Gasteiger partial charge in [0.25, 0.3) is 0 Å². The third-order valence-electron chi connectivity index (χ3n) is 6.23. The third-order valence-corrected chi connectivity index (χ3v) is 6.23. The van der Waals surface area contributed by atoms with Crippen molar-refractivity contribution < 1.29 is 24.5 Å². The van der Waals surface area contributed by atoms with E-state index in [-0.39, 0.29) is 5.92 Å². The molecule has 0 aromatic carbocycles. The quantitative estimate of drug-likeness (QED) is 0.366. The van der Waals surface area contributed by atoms with E-state index in [0.29, 0.717) is 6.42 Å². The summed E-state index contributed by atoms with van der Waals surface area (Å²) in [5, 5.41) is 24.3. The van der Waals surface area contributed by atoms with Crippen molar-refractivity contribution in [3.8, 4) is 0 Å². The van der Waals surface area contributed by atoms with Gasteiger partial charge >= 0.3 is 5.97 Å². The predicted octanol–water partition coefficient (Wildman–Crippen LogP) is 1.45. The van der Waals surface area contributed by atoms with Gasteiger partial charge in [-0.2, -0.15) is 0 Å². The Hall–Kier alpha value is -1.40. The highest BCUT2D eigenvalue weighted by atomic mass is 16.6. The van der Waals surface area contributed by atoms with Crippen molar-refractivity contribution in [1.82, 2.24) is 5.32 Å². The second-order valence-electron chi connectivity index (χ2n) is 7.80. The number of carbonyl (C=O) groups excluding carboxylic acids is 2. The van der Waals surface area contributed by atoms with Crippen LogP contribution in [-0.4, -0.2) is 45.4 Å². The minimum absolute atomic E-state index is 0.197. The number of esters is 1. The van der Waals surface area contributed by atoms with E-state index in [2.05, 4.69) is 12.2 Å². The number of aliphatic hydroxyl groups excluding tert-OH is 2. The largest absolute Gasteiger partial charge is 0.453 e. The molecule has 0 aromatic rings. The Kier molecular flexibility index (Phi) is 4.95. The number of amides is 1. The second-order valence-corrected chi connectivity index (χ2v) is 7.80. The molecule has 0 bridgehead atoms. The van der Waals surface area contributed by atoms with Crippen molar-refractivity contribution >= 4 is 11.9 Å². The van der Waals surface area contributed by atoms with Crippen LogP contribution in [0.25, 0.3) is 0 Å². The summed E-state index contributed by atoms with van der Waals surface area (Å²) in [6.45, 7) is 3.73. The lowest BCUT2D eigenvalue weighted by Gasteiger charge is -2.55. The van der Waals surface area contributed by atoms with Crippen LogP contribution < -0.4 is 5.32 Å². The molecule has 25 heavy (non-hydrogen) atoms. The van der Waals surface area contributed by atoms with Crippen LogP contribution in [0.3, 0.4) is 0 Å². The molecule has 2 aliphatic heterocycles. The zero-order valence-electron chi connectivity index (χ0n) is 15.0. The van der Waals surface area contributed by atoms with E-state index in [1.165, 1.54) is 0 Å². The number of nitrogens with one attached hydrogen (secondary N) is 1. The number of hydrogen-bond donors (Lipinski definition) is 3. The van der Waals surface area contributed by atoms with Crippen molar-refractivity contribution in [2.75, 3.05) is 0 Å². The fourth-order valence-electron chi connectivity index (χ4n) is 4.74. The van der Waals surface area contributed by atoms with Crippen molar-refractivity contribution in [3.05, 3.63) is 12.2 Å². The SMILES string of the molecule is CCCCCC(O)C1C(=O)NC2(C(O)C3C=CCCC3)C(=O)OC12C. The van der Waals surface area contributed by atoms with Crippen LogP contribution in [0.2, 0.25) is 0 Å². The first kappa shape index (κ1) is 18.4. The van der Waals surface area contributed by atoms with Crippen molar-refractivity contribution in [2.24, 2.45) is 11.8 Å². The Labute approximate surface area is 148 Å². The van der Waals surface area contributed by atoms with Crippen LogP contribution in [0.5, 0.6) is 0 Å². The average Bonchev–Trinajstić information content (AvgIpc) is 2.78. The van der Waals surface area contributed by atoms with E-state index in [4.69, 9.17) is 4.74 Å². The molecule has 0 saturated carbocycles. The lowest BCUT2D eigenvalue weighted by molar-refractivity contribution is -0.243. The number of carbonyl (C=O) groups is 2. The number of hydrogen-bond acceptors (Lipinski definition) is 5. The normalized spacial score (nSPS) is 39.2. The van der Waals surface area contributed by atoms with Gasteiger partial charge in [-0.25, -0.2) is 4.79 Å². The molecule has 6 heteroatoms. The van der Waals surface area contributed by atoms with Gasteiger partial charge in [-0.05, 0) is 32.6 Å². The Bertz CT molecular complexity index is 576. The molecule has 2 heterocycles. The fourth-order valence-corrected chi connectivity index (χ4v) is 4.74. The summed E-state index contributed by atoms with van der Waals surface area (Å²) in [6, 6.07) is 0. The molecular weight excluding hydrogens is 322 g/mol. The van der Waals surface area contributed by atoms with E-state index in [1.807, 2.05) is 12.2 Å². The van der Waals surface area contributed by atoms with E-state index < -0.39 is 41.1 Å². The molecule has 3 aliphatic rings. The zero-order valence-corrected chi connectivity index (χ0v) is 15.0. The highest BCUT2D eigenvalue weighted by Gasteiger charge is 2.80. The van der Waals surface area contributed by atoms with Gasteiger partial charge in [-0.1, -0.05) is 38.3 Å². The molecular formula is C19H29NO5. The Morgan fingerprint density at radius 1 is 1.36 bits per heavy atom. The number of ether oxygens (including phenoxy) is 1. The van der Waals surface area contributed by atoms with Crippen molar-refractivity contribution in [1.29, 1.82) is 0 Å². The first-order valence-corrected chi connectivity index (χ1v) is 9.46. The Morgan fingerprint density at radius 3 is 2.72 bits per heavy atom. The summed E-state index contributed by atoms with van der Waals surface area (Å²) < 4.78 is 5.41. The summed E-state index contributed by atoms with van der Waals surface area (Å²) in [5.41, 5.74) is -2.66. The van der Waals surface area contributed by atoms with Gasteiger partial charge in [0.2, 0.25) is 11.4 Å². The van der Waals surface area contributed by atoms with E-state index in [0.717, 1.165) is 38.5 Å². The number of aliphatic hydroxyl groups is 2. The molecule has 3 N–H and O–H groups in total. The second kappa shape index (κ2) is 6.72. The molecule has 1 amide bonds. The first-order chi connectivity index (χ1) is 11.9. The molecule has 0 spiro atoms. The van der Waals surface area contributed by atoms with Crippen molar-refractivity contribution in [3.63, 3.8) is 0 Å². The van der Waals surface area contributed by atoms with Gasteiger partial charge in [0.15, 0.2) is 5.60 Å². The van der Waals surface area contributed by atoms with Gasteiger partial charge in [0.1, 0.15) is 5.92 Å². The lowest BCUT2D eigenvalue weighted by Crippen LogP contribution is -2.80. The van der Waals surface area contributed by atoms with Gasteiger partial charge < -0.3 is 20.3 Å². The summed E-state index contributed by atoms with van der Waals surface area (Å²) >= 11 is 0. The molecule has 6 unspecified atom stereocenters. The number of allylic oxidation sites excluding steroid dienone is 1. The molecule has 140 valence electrons. The van der Waals surface area contributed by atoms with E-state index in [1.54, 1.807) is 6.92 Å². The average molecular weight is 351 g/mol. The molecule has 6 atom stereocenters. The Balaban J connectivity index is 1.84. The zero-order chi connectivity index (χ0) is 18.2. The summed E-state index contributed by atoms with van der Waals surface area (Å²) in [6.07, 6.45) is 7.95. The van der Waals surface area contributed by atoms with E-state index in [9.17, 15) is 19.8 Å². The van der Waals surface area contributed by atoms with E-state index >= 15 is 0 Å². The third kappa shape index (κ3) is 2.61. The first-order valence-electron chi connectivity index (χ1n) is 9.46. The van der Waals surface area contributed by atoms with Gasteiger partial charge in [0.05, 0.1) is 12.2 Å². The topological polar surface area (TPSA) is 95.9 Å². The number of fused-ring (bicyclic) bond motifs is 1. The van der Waals surface area contributed by atoms with Gasteiger partial charge in [-0.3, -0.25) is 4.79 Å². The highest BCUT2D eigenvalue weighted by Crippen LogP contribution is 2.53. The number of rotatable bonds is 7. The molecule has 3 rings (SSSR count). The number of unbranched alkanes of at least 4 members (excludes halogenated alkanes) is 2. The standard InChI is InChI=1S/C19H29NO5/c1-3-4-6-11-13(21)14-16(23)20-19(17(24)25-18(14,19)2)15(22)12-9-7-5-8-10-12/h7,9,12-15,21-22H,3-6,8,10-11H2,1-2H3,(H,20,23). The van der Waals surface area contributed by atoms with Crippen LogP contribution in [0.4, 0.5) is 0 Å². The maximum absolute atomic E-state index is 12.6. The van der Waals surface area contributed by atoms with Crippen LogP contribution in [0, 0.1) is 11.8 Å². The highest BCUT2D eigenvalue weighted by molar-refractivity contribution is 6.02. The molecule has 6 nitrogen and oxygen atoms in total. The molecule has 0 aromatic heterocycles. The maximum atomic E-state index is 12.6. The lowest BCUT2D eigenvalue weighted by atomic mass is 9.64. The maximum Gasteiger partial charge on any atom is 0.339 e. The summed E-state index contributed by atoms with van der Waals surface area (Å²) in [7, 11) is 0. The molecule has 2 fully saturated rings. The van der Waals surface area contributed by atoms with Crippen LogP contribution in [-0.2, 0) is 14.3 Å². The van der Waals surface area contributed by atoms with Gasteiger partial charge in [0, 0.05) is 5.92 Å². The van der Waals surface area contributed by atoms with Crippen LogP contribution in [0.1, 0.15) is 58.8 Å². The van der Waals surface area contributed by atoms with Crippen molar-refractivity contribution in [2.45, 2.75) is 82.1 Å². The monoisotopic (exact) mass is 351 g/mol. The summed E-state index contributed by atoms with van der Waals surface area (Å²) in [5.74, 6) is -2.05. The van der Waals surface area contributed by atoms with Crippen LogP contribution >= 0.6 is 0 Å². The Morgan fingerprint density at radius 2 is 2.12 bits per heavy atom. The molecule has 0 radical (unpaired) electrons. The predicted molar refractivity (Wildman–Crippen MR) is 91.5 cm³/mol. The minimum atomic E-state index is -1.45.